The maximum atomic E-state index is 11.5. The highest BCUT2D eigenvalue weighted by molar-refractivity contribution is 14.1. The molecule has 0 saturated carbocycles. The number of nitrogens with one attached hydrogen (secondary N) is 1. The molecule has 2 heterocycles. The SMILES string of the molecule is CCOC(=O)c1[nH]c2ncccc2c1I. The largest absolute Gasteiger partial charge is 0.461 e. The van der Waals surface area contributed by atoms with E-state index in [4.69, 9.17) is 4.74 Å². The first-order valence-electron chi connectivity index (χ1n) is 4.53. The van der Waals surface area contributed by atoms with Crippen LogP contribution in [0.1, 0.15) is 17.4 Å². The lowest BCUT2D eigenvalue weighted by atomic mass is 10.3. The van der Waals surface area contributed by atoms with Gasteiger partial charge in [0.15, 0.2) is 0 Å². The van der Waals surface area contributed by atoms with Crippen molar-refractivity contribution in [2.24, 2.45) is 0 Å². The first-order chi connectivity index (χ1) is 7.24. The summed E-state index contributed by atoms with van der Waals surface area (Å²) in [6.45, 7) is 2.16. The molecule has 78 valence electrons. The zero-order valence-electron chi connectivity index (χ0n) is 8.08. The third kappa shape index (κ3) is 1.83. The lowest BCUT2D eigenvalue weighted by Gasteiger charge is -1.98. The molecule has 2 aromatic rings. The van der Waals surface area contributed by atoms with Gasteiger partial charge in [-0.3, -0.25) is 0 Å². The quantitative estimate of drug-likeness (QED) is 0.683. The maximum absolute atomic E-state index is 11.5. The van der Waals surface area contributed by atoms with E-state index < -0.39 is 0 Å². The van der Waals surface area contributed by atoms with Crippen molar-refractivity contribution in [3.05, 3.63) is 27.6 Å². The maximum Gasteiger partial charge on any atom is 0.355 e. The summed E-state index contributed by atoms with van der Waals surface area (Å²) in [5.41, 5.74) is 1.19. The molecule has 1 N–H and O–H groups in total. The van der Waals surface area contributed by atoms with Gasteiger partial charge in [0, 0.05) is 11.6 Å². The van der Waals surface area contributed by atoms with Gasteiger partial charge in [-0.15, -0.1) is 0 Å². The number of hydrogen-bond acceptors (Lipinski definition) is 3. The van der Waals surface area contributed by atoms with Crippen LogP contribution in [0.4, 0.5) is 0 Å². The van der Waals surface area contributed by atoms with E-state index in [0.717, 1.165) is 8.96 Å². The molecule has 15 heavy (non-hydrogen) atoms. The van der Waals surface area contributed by atoms with E-state index in [1.165, 1.54) is 0 Å². The molecule has 0 aliphatic heterocycles. The number of aromatic nitrogens is 2. The predicted octanol–water partition coefficient (Wildman–Crippen LogP) is 2.34. The van der Waals surface area contributed by atoms with Crippen LogP contribution in [0, 0.1) is 3.57 Å². The van der Waals surface area contributed by atoms with Crippen molar-refractivity contribution in [2.75, 3.05) is 6.61 Å². The molecule has 4 nitrogen and oxygen atoms in total. The number of halogens is 1. The van der Waals surface area contributed by atoms with Gasteiger partial charge in [-0.25, -0.2) is 9.78 Å². The minimum atomic E-state index is -0.333. The Kier molecular flexibility index (Phi) is 2.90. The third-order valence-corrected chi connectivity index (χ3v) is 3.11. The highest BCUT2D eigenvalue weighted by Crippen LogP contribution is 2.22. The number of esters is 1. The number of rotatable bonds is 2. The third-order valence-electron chi connectivity index (χ3n) is 1.99. The second-order valence-corrected chi connectivity index (χ2v) is 4.01. The minimum Gasteiger partial charge on any atom is -0.461 e. The molecular weight excluding hydrogens is 307 g/mol. The van der Waals surface area contributed by atoms with Crippen LogP contribution in [0.2, 0.25) is 0 Å². The second kappa shape index (κ2) is 4.18. The Morgan fingerprint density at radius 1 is 1.67 bits per heavy atom. The average molecular weight is 316 g/mol. The topological polar surface area (TPSA) is 55.0 Å². The molecule has 0 atom stereocenters. The van der Waals surface area contributed by atoms with E-state index in [1.807, 2.05) is 12.1 Å². The molecule has 0 saturated heterocycles. The van der Waals surface area contributed by atoms with Gasteiger partial charge in [0.25, 0.3) is 0 Å². The number of carbonyl (C=O) groups excluding carboxylic acids is 1. The Bertz CT molecular complexity index is 507. The monoisotopic (exact) mass is 316 g/mol. The Hall–Kier alpha value is -1.11. The fourth-order valence-electron chi connectivity index (χ4n) is 1.33. The molecule has 0 aliphatic carbocycles. The van der Waals surface area contributed by atoms with Gasteiger partial charge >= 0.3 is 5.97 Å². The van der Waals surface area contributed by atoms with Crippen LogP contribution in [-0.2, 0) is 4.74 Å². The van der Waals surface area contributed by atoms with Gasteiger partial charge in [-0.05, 0) is 41.6 Å². The lowest BCUT2D eigenvalue weighted by molar-refractivity contribution is 0.0519. The Morgan fingerprint density at radius 2 is 2.47 bits per heavy atom. The van der Waals surface area contributed by atoms with E-state index in [2.05, 4.69) is 32.6 Å². The first kappa shape index (κ1) is 10.4. The summed E-state index contributed by atoms with van der Waals surface area (Å²) in [5.74, 6) is -0.333. The van der Waals surface area contributed by atoms with E-state index >= 15 is 0 Å². The average Bonchev–Trinajstić information content (AvgIpc) is 2.57. The Balaban J connectivity index is 2.53. The summed E-state index contributed by atoms with van der Waals surface area (Å²) in [6, 6.07) is 3.76. The van der Waals surface area contributed by atoms with Gasteiger partial charge in [-0.2, -0.15) is 0 Å². The van der Waals surface area contributed by atoms with Crippen molar-refractivity contribution in [1.82, 2.24) is 9.97 Å². The number of carbonyl (C=O) groups is 1. The molecule has 0 unspecified atom stereocenters. The summed E-state index contributed by atoms with van der Waals surface area (Å²) in [4.78, 5) is 18.6. The summed E-state index contributed by atoms with van der Waals surface area (Å²) >= 11 is 2.12. The van der Waals surface area contributed by atoms with Crippen LogP contribution in [0.25, 0.3) is 11.0 Å². The fraction of sp³-hybridized carbons (Fsp3) is 0.200. The molecule has 0 aliphatic rings. The molecule has 0 fully saturated rings. The Labute approximate surface area is 100 Å². The fourth-order valence-corrected chi connectivity index (χ4v) is 2.12. The Morgan fingerprint density at radius 3 is 3.13 bits per heavy atom. The van der Waals surface area contributed by atoms with E-state index in [1.54, 1.807) is 13.1 Å². The van der Waals surface area contributed by atoms with E-state index in [9.17, 15) is 4.79 Å². The zero-order valence-corrected chi connectivity index (χ0v) is 10.2. The molecule has 5 heteroatoms. The van der Waals surface area contributed by atoms with Crippen LogP contribution in [0.3, 0.4) is 0 Å². The van der Waals surface area contributed by atoms with Crippen LogP contribution in [0.5, 0.6) is 0 Å². The van der Waals surface area contributed by atoms with E-state index in [-0.39, 0.29) is 5.97 Å². The van der Waals surface area contributed by atoms with Crippen molar-refractivity contribution in [1.29, 1.82) is 0 Å². The molecular formula is C10H9IN2O2. The minimum absolute atomic E-state index is 0.333. The molecule has 2 aromatic heterocycles. The van der Waals surface area contributed by atoms with Gasteiger partial charge in [0.2, 0.25) is 0 Å². The van der Waals surface area contributed by atoms with Crippen molar-refractivity contribution < 1.29 is 9.53 Å². The predicted molar refractivity (Wildman–Crippen MR) is 64.8 cm³/mol. The highest BCUT2D eigenvalue weighted by Gasteiger charge is 2.16. The van der Waals surface area contributed by atoms with Crippen molar-refractivity contribution >= 4 is 39.6 Å². The number of hydrogen-bond donors (Lipinski definition) is 1. The molecule has 0 aromatic carbocycles. The van der Waals surface area contributed by atoms with Gasteiger partial charge in [0.05, 0.1) is 10.2 Å². The number of fused-ring (bicyclic) bond motifs is 1. The second-order valence-electron chi connectivity index (χ2n) is 2.93. The van der Waals surface area contributed by atoms with Crippen molar-refractivity contribution in [3.8, 4) is 0 Å². The summed E-state index contributed by atoms with van der Waals surface area (Å²) < 4.78 is 5.79. The summed E-state index contributed by atoms with van der Waals surface area (Å²) in [5, 5.41) is 0.946. The number of nitrogens with zero attached hydrogens (tertiary/aromatic N) is 1. The lowest BCUT2D eigenvalue weighted by Crippen LogP contribution is -2.06. The molecule has 0 bridgehead atoms. The van der Waals surface area contributed by atoms with Crippen molar-refractivity contribution in [2.45, 2.75) is 6.92 Å². The van der Waals surface area contributed by atoms with Gasteiger partial charge in [-0.1, -0.05) is 0 Å². The number of aromatic amines is 1. The standard InChI is InChI=1S/C10H9IN2O2/c1-2-15-10(14)8-7(11)6-4-3-5-12-9(6)13-8/h3-5H,2H2,1H3,(H,12,13). The van der Waals surface area contributed by atoms with Crippen LogP contribution < -0.4 is 0 Å². The van der Waals surface area contributed by atoms with Gasteiger partial charge in [0.1, 0.15) is 11.3 Å². The van der Waals surface area contributed by atoms with Crippen LogP contribution in [0.15, 0.2) is 18.3 Å². The van der Waals surface area contributed by atoms with Crippen LogP contribution >= 0.6 is 22.6 Å². The molecule has 0 spiro atoms. The summed E-state index contributed by atoms with van der Waals surface area (Å²) in [6.07, 6.45) is 1.68. The smallest absolute Gasteiger partial charge is 0.355 e. The van der Waals surface area contributed by atoms with Crippen molar-refractivity contribution in [3.63, 3.8) is 0 Å². The number of H-pyrrole nitrogens is 1. The molecule has 0 radical (unpaired) electrons. The van der Waals surface area contributed by atoms with Gasteiger partial charge < -0.3 is 9.72 Å². The zero-order chi connectivity index (χ0) is 10.8. The highest BCUT2D eigenvalue weighted by atomic mass is 127. The normalized spacial score (nSPS) is 10.5. The number of pyridine rings is 1. The first-order valence-corrected chi connectivity index (χ1v) is 5.61. The molecule has 0 amide bonds. The van der Waals surface area contributed by atoms with Crippen LogP contribution in [-0.4, -0.2) is 22.5 Å². The molecule has 2 rings (SSSR count). The summed E-state index contributed by atoms with van der Waals surface area (Å²) in [7, 11) is 0. The van der Waals surface area contributed by atoms with E-state index in [0.29, 0.717) is 17.9 Å². The number of ether oxygens (including phenoxy) is 1.